The van der Waals surface area contributed by atoms with Crippen LogP contribution in [0, 0.1) is 11.3 Å². The van der Waals surface area contributed by atoms with Crippen LogP contribution in [0.5, 0.6) is 0 Å². The summed E-state index contributed by atoms with van der Waals surface area (Å²) in [6.45, 7) is 5.32. The Morgan fingerprint density at radius 2 is 2.00 bits per heavy atom. The summed E-state index contributed by atoms with van der Waals surface area (Å²) in [5, 5.41) is 3.22. The second-order valence-electron chi connectivity index (χ2n) is 5.47. The SMILES string of the molecule is COCOC(=O)C1(CC(C)CNCCOC(C)=O)CC1. The minimum Gasteiger partial charge on any atom is -0.465 e. The van der Waals surface area contributed by atoms with Crippen LogP contribution in [0.3, 0.4) is 0 Å². The van der Waals surface area contributed by atoms with Gasteiger partial charge in [0.2, 0.25) is 0 Å². The van der Waals surface area contributed by atoms with Gasteiger partial charge in [-0.05, 0) is 31.7 Å². The second-order valence-corrected chi connectivity index (χ2v) is 5.47. The minimum absolute atomic E-state index is 0.0234. The Morgan fingerprint density at radius 3 is 2.55 bits per heavy atom. The van der Waals surface area contributed by atoms with Crippen LogP contribution in [0.2, 0.25) is 0 Å². The van der Waals surface area contributed by atoms with Gasteiger partial charge in [0.15, 0.2) is 6.79 Å². The number of hydrogen-bond acceptors (Lipinski definition) is 6. The second kappa shape index (κ2) is 8.21. The molecule has 0 heterocycles. The van der Waals surface area contributed by atoms with Crippen molar-refractivity contribution in [2.45, 2.75) is 33.1 Å². The van der Waals surface area contributed by atoms with Crippen LogP contribution in [0.15, 0.2) is 0 Å². The number of nitrogens with one attached hydrogen (secondary N) is 1. The molecule has 1 fully saturated rings. The van der Waals surface area contributed by atoms with Gasteiger partial charge < -0.3 is 19.5 Å². The van der Waals surface area contributed by atoms with E-state index >= 15 is 0 Å². The molecule has 0 aromatic heterocycles. The smallest absolute Gasteiger partial charge is 0.314 e. The summed E-state index contributed by atoms with van der Waals surface area (Å²) in [5.41, 5.74) is -0.296. The van der Waals surface area contributed by atoms with Crippen molar-refractivity contribution in [1.29, 1.82) is 0 Å². The Balaban J connectivity index is 2.16. The molecule has 20 heavy (non-hydrogen) atoms. The highest BCUT2D eigenvalue weighted by Gasteiger charge is 2.51. The van der Waals surface area contributed by atoms with Gasteiger partial charge in [-0.3, -0.25) is 9.59 Å². The Morgan fingerprint density at radius 1 is 1.30 bits per heavy atom. The van der Waals surface area contributed by atoms with E-state index in [1.54, 1.807) is 0 Å². The fraction of sp³-hybridized carbons (Fsp3) is 0.857. The third-order valence-corrected chi connectivity index (χ3v) is 3.41. The standard InChI is InChI=1S/C14H25NO5/c1-11(9-15-6-7-19-12(2)16)8-14(4-5-14)13(17)20-10-18-3/h11,15H,4-10H2,1-3H3. The molecule has 1 aliphatic carbocycles. The van der Waals surface area contributed by atoms with Crippen molar-refractivity contribution in [3.05, 3.63) is 0 Å². The fourth-order valence-electron chi connectivity index (χ4n) is 2.26. The third-order valence-electron chi connectivity index (χ3n) is 3.41. The van der Waals surface area contributed by atoms with E-state index in [2.05, 4.69) is 12.2 Å². The van der Waals surface area contributed by atoms with E-state index in [0.717, 1.165) is 25.8 Å². The Kier molecular flexibility index (Phi) is 6.95. The lowest BCUT2D eigenvalue weighted by Crippen LogP contribution is -2.29. The lowest BCUT2D eigenvalue weighted by atomic mass is 9.93. The molecular weight excluding hydrogens is 262 g/mol. The Bertz CT molecular complexity index is 328. The highest BCUT2D eigenvalue weighted by molar-refractivity contribution is 5.79. The molecule has 1 N–H and O–H groups in total. The molecule has 1 unspecified atom stereocenters. The molecule has 0 aliphatic heterocycles. The zero-order valence-corrected chi connectivity index (χ0v) is 12.6. The summed E-state index contributed by atoms with van der Waals surface area (Å²) in [6, 6.07) is 0. The maximum Gasteiger partial charge on any atom is 0.314 e. The van der Waals surface area contributed by atoms with Crippen molar-refractivity contribution < 1.29 is 23.8 Å². The predicted octanol–water partition coefficient (Wildman–Crippen LogP) is 1.09. The molecule has 6 nitrogen and oxygen atoms in total. The van der Waals surface area contributed by atoms with Gasteiger partial charge in [0, 0.05) is 20.6 Å². The molecule has 0 bridgehead atoms. The molecule has 1 saturated carbocycles. The van der Waals surface area contributed by atoms with Gasteiger partial charge in [0.1, 0.15) is 6.61 Å². The summed E-state index contributed by atoms with van der Waals surface area (Å²) in [4.78, 5) is 22.5. The number of hydrogen-bond donors (Lipinski definition) is 1. The molecule has 0 aromatic carbocycles. The number of methoxy groups -OCH3 is 1. The van der Waals surface area contributed by atoms with Crippen molar-refractivity contribution in [3.8, 4) is 0 Å². The van der Waals surface area contributed by atoms with Gasteiger partial charge in [0.25, 0.3) is 0 Å². The summed E-state index contributed by atoms with van der Waals surface area (Å²) >= 11 is 0. The van der Waals surface area contributed by atoms with E-state index in [-0.39, 0.29) is 24.1 Å². The minimum atomic E-state index is -0.296. The molecule has 1 aliphatic rings. The van der Waals surface area contributed by atoms with E-state index in [1.165, 1.54) is 14.0 Å². The largest absolute Gasteiger partial charge is 0.465 e. The lowest BCUT2D eigenvalue weighted by Gasteiger charge is -2.19. The van der Waals surface area contributed by atoms with Gasteiger partial charge in [-0.1, -0.05) is 6.92 Å². The van der Waals surface area contributed by atoms with Crippen LogP contribution >= 0.6 is 0 Å². The van der Waals surface area contributed by atoms with E-state index in [1.807, 2.05) is 0 Å². The average molecular weight is 287 g/mol. The average Bonchev–Trinajstić information content (AvgIpc) is 3.16. The zero-order valence-electron chi connectivity index (χ0n) is 12.6. The van der Waals surface area contributed by atoms with Crippen LogP contribution in [0.25, 0.3) is 0 Å². The first-order chi connectivity index (χ1) is 9.50. The summed E-state index contributed by atoms with van der Waals surface area (Å²) in [7, 11) is 1.50. The number of ether oxygens (including phenoxy) is 3. The van der Waals surface area contributed by atoms with Crippen LogP contribution in [-0.2, 0) is 23.8 Å². The van der Waals surface area contributed by atoms with E-state index in [9.17, 15) is 9.59 Å². The molecule has 1 atom stereocenters. The highest BCUT2D eigenvalue weighted by atomic mass is 16.7. The lowest BCUT2D eigenvalue weighted by molar-refractivity contribution is -0.161. The van der Waals surface area contributed by atoms with Gasteiger partial charge in [-0.25, -0.2) is 0 Å². The molecule has 0 aromatic rings. The first kappa shape index (κ1) is 16.9. The Labute approximate surface area is 120 Å². The van der Waals surface area contributed by atoms with Gasteiger partial charge in [0.05, 0.1) is 5.41 Å². The quantitative estimate of drug-likeness (QED) is 0.368. The maximum atomic E-state index is 11.9. The predicted molar refractivity (Wildman–Crippen MR) is 72.9 cm³/mol. The first-order valence-corrected chi connectivity index (χ1v) is 7.00. The molecule has 0 spiro atoms. The first-order valence-electron chi connectivity index (χ1n) is 7.00. The number of carbonyl (C=O) groups is 2. The molecule has 1 rings (SSSR count). The molecule has 0 radical (unpaired) electrons. The van der Waals surface area contributed by atoms with E-state index in [4.69, 9.17) is 14.2 Å². The van der Waals surface area contributed by atoms with Crippen molar-refractivity contribution >= 4 is 11.9 Å². The maximum absolute atomic E-state index is 11.9. The normalized spacial score (nSPS) is 17.4. The molecule has 0 saturated heterocycles. The third kappa shape index (κ3) is 5.88. The summed E-state index contributed by atoms with van der Waals surface area (Å²) in [6.07, 6.45) is 2.61. The van der Waals surface area contributed by atoms with Crippen molar-refractivity contribution in [2.75, 3.05) is 33.6 Å². The topological polar surface area (TPSA) is 73.9 Å². The van der Waals surface area contributed by atoms with Gasteiger partial charge in [-0.15, -0.1) is 0 Å². The van der Waals surface area contributed by atoms with Crippen molar-refractivity contribution in [3.63, 3.8) is 0 Å². The number of rotatable bonds is 10. The van der Waals surface area contributed by atoms with Gasteiger partial charge >= 0.3 is 11.9 Å². The zero-order chi connectivity index (χ0) is 15.0. The Hall–Kier alpha value is -1.14. The number of esters is 2. The molecular formula is C14H25NO5. The van der Waals surface area contributed by atoms with Crippen molar-refractivity contribution in [2.24, 2.45) is 11.3 Å². The van der Waals surface area contributed by atoms with Crippen molar-refractivity contribution in [1.82, 2.24) is 5.32 Å². The van der Waals surface area contributed by atoms with Gasteiger partial charge in [-0.2, -0.15) is 0 Å². The monoisotopic (exact) mass is 287 g/mol. The summed E-state index contributed by atoms with van der Waals surface area (Å²) in [5.74, 6) is -0.0475. The number of carbonyl (C=O) groups excluding carboxylic acids is 2. The van der Waals surface area contributed by atoms with E-state index in [0.29, 0.717) is 19.1 Å². The molecule has 0 amide bonds. The highest BCUT2D eigenvalue weighted by Crippen LogP contribution is 2.51. The van der Waals surface area contributed by atoms with Crippen LogP contribution in [0.4, 0.5) is 0 Å². The summed E-state index contributed by atoms with van der Waals surface area (Å²) < 4.78 is 14.6. The fourth-order valence-corrected chi connectivity index (χ4v) is 2.26. The van der Waals surface area contributed by atoms with E-state index < -0.39 is 0 Å². The van der Waals surface area contributed by atoms with Crippen LogP contribution in [0.1, 0.15) is 33.1 Å². The van der Waals surface area contributed by atoms with Crippen LogP contribution in [-0.4, -0.2) is 45.5 Å². The molecule has 6 heteroatoms. The molecule has 116 valence electrons. The van der Waals surface area contributed by atoms with Crippen LogP contribution < -0.4 is 5.32 Å².